The molecule has 7 atom stereocenters. The minimum absolute atomic E-state index is 0.0183. The van der Waals surface area contributed by atoms with Gasteiger partial charge in [-0.25, -0.2) is 9.69 Å². The molecule has 2 saturated heterocycles. The van der Waals surface area contributed by atoms with Crippen LogP contribution in [0.4, 0.5) is 4.79 Å². The van der Waals surface area contributed by atoms with Crippen LogP contribution in [0.3, 0.4) is 0 Å². The molecule has 3 heterocycles. The number of hydrogen-bond donors (Lipinski definition) is 3. The van der Waals surface area contributed by atoms with E-state index in [1.54, 1.807) is 0 Å². The van der Waals surface area contributed by atoms with Crippen molar-refractivity contribution in [2.75, 3.05) is 26.9 Å². The van der Waals surface area contributed by atoms with E-state index in [-0.39, 0.29) is 55.6 Å². The number of morpholine rings is 1. The fraction of sp³-hybridized carbons (Fsp3) is 0.867. The molecule has 0 bridgehead atoms. The second-order valence-electron chi connectivity index (χ2n) is 19.0. The summed E-state index contributed by atoms with van der Waals surface area (Å²) in [4.78, 5) is 64.4. The molecule has 5 aliphatic carbocycles. The third-order valence-electron chi connectivity index (χ3n) is 15.9. The highest BCUT2D eigenvalue weighted by atomic mass is 16.6. The van der Waals surface area contributed by atoms with Gasteiger partial charge >= 0.3 is 12.1 Å². The number of ether oxygens (including phenoxy) is 3. The molecule has 8 aliphatic rings. The van der Waals surface area contributed by atoms with Crippen LogP contribution in [0.5, 0.6) is 0 Å². The van der Waals surface area contributed by atoms with Gasteiger partial charge < -0.3 is 29.7 Å². The highest BCUT2D eigenvalue weighted by Crippen LogP contribution is 2.64. The number of hydrogen-bond acceptors (Lipinski definition) is 10. The van der Waals surface area contributed by atoms with Gasteiger partial charge in [0.2, 0.25) is 11.8 Å². The van der Waals surface area contributed by atoms with Gasteiger partial charge in [0.15, 0.2) is 0 Å². The first kappa shape index (κ1) is 41.2. The Morgan fingerprint density at radius 3 is 2.11 bits per heavy atom. The van der Waals surface area contributed by atoms with Crippen LogP contribution >= 0.6 is 0 Å². The number of amides is 3. The van der Waals surface area contributed by atoms with E-state index >= 15 is 14.4 Å². The van der Waals surface area contributed by atoms with E-state index < -0.39 is 59.5 Å². The van der Waals surface area contributed by atoms with Crippen molar-refractivity contribution in [1.29, 1.82) is 0 Å². The Labute approximate surface area is 339 Å². The van der Waals surface area contributed by atoms with Crippen molar-refractivity contribution in [2.45, 2.75) is 184 Å². The maximum atomic E-state index is 16.0. The number of aliphatic hydroxyl groups excluding tert-OH is 2. The number of nitrogens with one attached hydrogen (secondary N) is 1. The number of rotatable bonds is 10. The van der Waals surface area contributed by atoms with Crippen molar-refractivity contribution in [3.8, 4) is 0 Å². The normalized spacial score (nSPS) is 36.5. The van der Waals surface area contributed by atoms with Gasteiger partial charge in [-0.05, 0) is 119 Å². The zero-order chi connectivity index (χ0) is 39.7. The van der Waals surface area contributed by atoms with Crippen LogP contribution in [0, 0.1) is 35.0 Å². The zero-order valence-electron chi connectivity index (χ0n) is 34.4. The Hall–Kier alpha value is -2.54. The molecule has 0 aromatic heterocycles. The third kappa shape index (κ3) is 7.60. The predicted molar refractivity (Wildman–Crippen MR) is 211 cm³/mol. The lowest BCUT2D eigenvalue weighted by atomic mass is 9.60. The summed E-state index contributed by atoms with van der Waals surface area (Å²) < 4.78 is 17.7. The number of allylic oxidation sites excluding steroid dienone is 1. The van der Waals surface area contributed by atoms with E-state index in [0.29, 0.717) is 44.2 Å². The van der Waals surface area contributed by atoms with Crippen LogP contribution in [0.1, 0.15) is 148 Å². The maximum Gasteiger partial charge on any atom is 0.421 e. The van der Waals surface area contributed by atoms with Gasteiger partial charge in [-0.2, -0.15) is 0 Å². The van der Waals surface area contributed by atoms with Crippen molar-refractivity contribution in [2.24, 2.45) is 35.0 Å². The number of imide groups is 1. The van der Waals surface area contributed by atoms with Crippen LogP contribution in [-0.2, 0) is 28.6 Å². The van der Waals surface area contributed by atoms with E-state index in [2.05, 4.69) is 10.2 Å². The standard InChI is InChI=1S/C45H69N3O9/c1-55-25-26-56-44(54)47-34-20-12-11-19-33(34)45(43(47)53)36(41(51)46-27-35(50)28-13-5-2-6-14-28)38-42(52)57-39(30-17-9-4-10-18-30)37(29-15-7-3-8-16-29)48(38)40(45)31-21-23-32(49)24-22-31/h28-32,35-40,49-50H,2-27H2,1H3,(H,46,51)/t31?,32?,35-,36+,37+,38+,39-,40-,45+/m0/s1. The minimum Gasteiger partial charge on any atom is -0.459 e. The van der Waals surface area contributed by atoms with E-state index in [1.807, 2.05) is 0 Å². The molecular weight excluding hydrogens is 727 g/mol. The van der Waals surface area contributed by atoms with Crippen LogP contribution in [0.15, 0.2) is 11.3 Å². The molecule has 0 aromatic rings. The summed E-state index contributed by atoms with van der Waals surface area (Å²) in [6.45, 7) is 0.201. The smallest absolute Gasteiger partial charge is 0.421 e. The Balaban J connectivity index is 1.29. The number of aliphatic hydroxyl groups is 2. The number of carbonyl (C=O) groups excluding carboxylic acids is 4. The molecule has 8 rings (SSSR count). The van der Waals surface area contributed by atoms with Crippen LogP contribution < -0.4 is 5.32 Å². The minimum atomic E-state index is -1.51. The Morgan fingerprint density at radius 2 is 1.44 bits per heavy atom. The van der Waals surface area contributed by atoms with E-state index in [4.69, 9.17) is 14.2 Å². The fourth-order valence-corrected chi connectivity index (χ4v) is 13.4. The number of cyclic esters (lactones) is 1. The first-order valence-corrected chi connectivity index (χ1v) is 23.1. The van der Waals surface area contributed by atoms with E-state index in [1.165, 1.54) is 18.4 Å². The van der Waals surface area contributed by atoms with Crippen molar-refractivity contribution in [3.05, 3.63) is 11.3 Å². The average Bonchev–Trinajstić information content (AvgIpc) is 3.70. The summed E-state index contributed by atoms with van der Waals surface area (Å²) in [5.41, 5.74) is -0.0767. The topological polar surface area (TPSA) is 155 Å². The summed E-state index contributed by atoms with van der Waals surface area (Å²) in [5.74, 6) is -2.06. The number of fused-ring (bicyclic) bond motifs is 2. The van der Waals surface area contributed by atoms with Gasteiger partial charge in [0.05, 0.1) is 30.8 Å². The van der Waals surface area contributed by atoms with E-state index in [9.17, 15) is 15.0 Å². The number of esters is 1. The number of carbonyl (C=O) groups is 4. The molecule has 3 aliphatic heterocycles. The first-order chi connectivity index (χ1) is 27.8. The highest BCUT2D eigenvalue weighted by molar-refractivity contribution is 6.07. The van der Waals surface area contributed by atoms with Gasteiger partial charge in [-0.1, -0.05) is 57.8 Å². The van der Waals surface area contributed by atoms with Crippen LogP contribution in [0.25, 0.3) is 0 Å². The number of nitrogens with zero attached hydrogens (tertiary/aromatic N) is 2. The number of methoxy groups -OCH3 is 1. The first-order valence-electron chi connectivity index (χ1n) is 23.1. The molecule has 318 valence electrons. The Kier molecular flexibility index (Phi) is 13.0. The molecule has 0 aromatic carbocycles. The van der Waals surface area contributed by atoms with Gasteiger partial charge in [0, 0.05) is 25.4 Å². The largest absolute Gasteiger partial charge is 0.459 e. The zero-order valence-corrected chi connectivity index (χ0v) is 34.4. The van der Waals surface area contributed by atoms with Gasteiger partial charge in [-0.3, -0.25) is 19.3 Å². The quantitative estimate of drug-likeness (QED) is 0.173. The predicted octanol–water partition coefficient (Wildman–Crippen LogP) is 6.16. The molecular formula is C45H69N3O9. The summed E-state index contributed by atoms with van der Waals surface area (Å²) in [7, 11) is 1.53. The summed E-state index contributed by atoms with van der Waals surface area (Å²) in [5, 5.41) is 25.4. The SMILES string of the molecule is COCCOC(=O)N1C(=O)[C@@]2(C3=C1CCCC3)[C@H](C1CCC(O)CC1)N1[C@H](C3CCCCC3)[C@H](C3CCCCC3)OC(=O)[C@H]1[C@@H]2C(=O)NC[C@H](O)C1CCCCC1. The van der Waals surface area contributed by atoms with Crippen molar-refractivity contribution >= 4 is 23.9 Å². The summed E-state index contributed by atoms with van der Waals surface area (Å²) in [6, 6.07) is -1.74. The van der Waals surface area contributed by atoms with Crippen molar-refractivity contribution in [3.63, 3.8) is 0 Å². The van der Waals surface area contributed by atoms with Crippen LogP contribution in [-0.4, -0.2) is 107 Å². The second kappa shape index (κ2) is 18.0. The monoisotopic (exact) mass is 796 g/mol. The molecule has 3 amide bonds. The van der Waals surface area contributed by atoms with Gasteiger partial charge in [0.25, 0.3) is 0 Å². The molecule has 57 heavy (non-hydrogen) atoms. The summed E-state index contributed by atoms with van der Waals surface area (Å²) >= 11 is 0. The van der Waals surface area contributed by atoms with Crippen molar-refractivity contribution < 1.29 is 43.6 Å². The Bertz CT molecular complexity index is 1490. The third-order valence-corrected chi connectivity index (χ3v) is 15.9. The van der Waals surface area contributed by atoms with Crippen LogP contribution in [0.2, 0.25) is 0 Å². The highest BCUT2D eigenvalue weighted by Gasteiger charge is 2.77. The fourth-order valence-electron chi connectivity index (χ4n) is 13.4. The molecule has 12 heteroatoms. The van der Waals surface area contributed by atoms with Gasteiger partial charge in [0.1, 0.15) is 24.2 Å². The van der Waals surface area contributed by atoms with Crippen molar-refractivity contribution in [1.82, 2.24) is 15.1 Å². The molecule has 1 spiro atoms. The maximum absolute atomic E-state index is 16.0. The lowest BCUT2D eigenvalue weighted by Gasteiger charge is -2.53. The lowest BCUT2D eigenvalue weighted by molar-refractivity contribution is -0.190. The molecule has 4 saturated carbocycles. The lowest BCUT2D eigenvalue weighted by Crippen LogP contribution is -2.66. The van der Waals surface area contributed by atoms with E-state index in [0.717, 1.165) is 108 Å². The molecule has 12 nitrogen and oxygen atoms in total. The van der Waals surface area contributed by atoms with Gasteiger partial charge in [-0.15, -0.1) is 0 Å². The second-order valence-corrected chi connectivity index (χ2v) is 19.0. The Morgan fingerprint density at radius 1 is 0.807 bits per heavy atom. The average molecular weight is 796 g/mol. The molecule has 3 N–H and O–H groups in total. The molecule has 6 fully saturated rings. The molecule has 0 radical (unpaired) electrons. The summed E-state index contributed by atoms with van der Waals surface area (Å²) in [6.07, 6.45) is 18.6. The molecule has 0 unspecified atom stereocenters.